The lowest BCUT2D eigenvalue weighted by atomic mass is 9.63. The standard InChI is InChI=1S/C12H18N2O2.C12H26O6/c1-11(2)4-10(14-9-16)5-12(3,6-11)7-13-8-15;13-4-1-7-16-10-12(18-9-3-6-15)11-17-8-2-5-14/h10H,4-7H2,1-3H3;12-15H,1-11H2. The molecule has 0 aliphatic heterocycles. The highest BCUT2D eigenvalue weighted by molar-refractivity contribution is 5.34. The molecule has 1 fully saturated rings. The molecular weight excluding hydrogens is 444 g/mol. The Hall–Kier alpha value is -1.48. The number of hydrogen-bond acceptors (Lipinski definition) is 10. The predicted octanol–water partition coefficient (Wildman–Crippen LogP) is 1.79. The van der Waals surface area contributed by atoms with Crippen molar-refractivity contribution in [1.29, 1.82) is 0 Å². The minimum atomic E-state index is -0.172. The Morgan fingerprint density at radius 2 is 1.44 bits per heavy atom. The first kappa shape index (κ1) is 32.5. The van der Waals surface area contributed by atoms with E-state index in [0.717, 1.165) is 19.3 Å². The molecule has 1 aliphatic rings. The summed E-state index contributed by atoms with van der Waals surface area (Å²) in [5, 5.41) is 25.9. The maximum absolute atomic E-state index is 10.3. The van der Waals surface area contributed by atoms with Crippen molar-refractivity contribution in [1.82, 2.24) is 0 Å². The van der Waals surface area contributed by atoms with Gasteiger partial charge in [-0.2, -0.15) is 0 Å². The molecule has 0 aromatic rings. The van der Waals surface area contributed by atoms with Gasteiger partial charge in [-0.15, -0.1) is 0 Å². The van der Waals surface area contributed by atoms with Gasteiger partial charge in [0.2, 0.25) is 12.2 Å². The second-order valence-electron chi connectivity index (χ2n) is 9.72. The van der Waals surface area contributed by atoms with Crippen molar-refractivity contribution in [2.45, 2.75) is 71.4 Å². The molecule has 2 unspecified atom stereocenters. The highest BCUT2D eigenvalue weighted by Crippen LogP contribution is 2.47. The lowest BCUT2D eigenvalue weighted by molar-refractivity contribution is -0.0644. The molecule has 0 radical (unpaired) electrons. The minimum Gasteiger partial charge on any atom is -0.396 e. The van der Waals surface area contributed by atoms with Gasteiger partial charge in [0.05, 0.1) is 25.8 Å². The van der Waals surface area contributed by atoms with Gasteiger partial charge in [-0.25, -0.2) is 19.6 Å². The van der Waals surface area contributed by atoms with Crippen LogP contribution in [0.25, 0.3) is 0 Å². The van der Waals surface area contributed by atoms with Crippen LogP contribution in [-0.4, -0.2) is 99.0 Å². The fourth-order valence-electron chi connectivity index (χ4n) is 4.31. The zero-order valence-corrected chi connectivity index (χ0v) is 21.0. The number of aliphatic imine (C=N–C) groups is 2. The van der Waals surface area contributed by atoms with Crippen LogP contribution < -0.4 is 0 Å². The molecule has 2 atom stereocenters. The number of rotatable bonds is 17. The van der Waals surface area contributed by atoms with Gasteiger partial charge in [-0.1, -0.05) is 20.8 Å². The summed E-state index contributed by atoms with van der Waals surface area (Å²) in [6, 6.07) is 0.00750. The van der Waals surface area contributed by atoms with E-state index in [-0.39, 0.29) is 42.8 Å². The van der Waals surface area contributed by atoms with Crippen LogP contribution in [0, 0.1) is 10.8 Å². The van der Waals surface area contributed by atoms with Crippen LogP contribution in [0.4, 0.5) is 0 Å². The molecule has 0 bridgehead atoms. The fraction of sp³-hybridized carbons (Fsp3) is 0.917. The highest BCUT2D eigenvalue weighted by Gasteiger charge is 2.41. The van der Waals surface area contributed by atoms with Crippen LogP contribution in [-0.2, 0) is 23.8 Å². The molecule has 10 nitrogen and oxygen atoms in total. The summed E-state index contributed by atoms with van der Waals surface area (Å²) in [6.07, 6.45) is 7.51. The summed E-state index contributed by atoms with van der Waals surface area (Å²) in [5.41, 5.74) is 0.0561. The fourth-order valence-corrected chi connectivity index (χ4v) is 4.31. The third kappa shape index (κ3) is 17.0. The number of nitrogens with zero attached hydrogens (tertiary/aromatic N) is 2. The third-order valence-corrected chi connectivity index (χ3v) is 5.34. The molecule has 0 spiro atoms. The maximum Gasteiger partial charge on any atom is 0.235 e. The largest absolute Gasteiger partial charge is 0.396 e. The molecule has 0 heterocycles. The highest BCUT2D eigenvalue weighted by atomic mass is 16.6. The van der Waals surface area contributed by atoms with Crippen molar-refractivity contribution in [2.24, 2.45) is 20.8 Å². The Labute approximate surface area is 203 Å². The number of ether oxygens (including phenoxy) is 3. The zero-order valence-electron chi connectivity index (χ0n) is 21.0. The van der Waals surface area contributed by atoms with E-state index in [2.05, 4.69) is 30.8 Å². The molecule has 1 saturated carbocycles. The van der Waals surface area contributed by atoms with Crippen LogP contribution in [0.1, 0.15) is 59.3 Å². The van der Waals surface area contributed by atoms with Crippen LogP contribution >= 0.6 is 0 Å². The first-order chi connectivity index (χ1) is 16.3. The molecule has 0 amide bonds. The lowest BCUT2D eigenvalue weighted by Gasteiger charge is -2.44. The van der Waals surface area contributed by atoms with E-state index < -0.39 is 0 Å². The summed E-state index contributed by atoms with van der Waals surface area (Å²) in [7, 11) is 0. The van der Waals surface area contributed by atoms with Gasteiger partial charge in [0.25, 0.3) is 0 Å². The van der Waals surface area contributed by atoms with E-state index in [9.17, 15) is 9.59 Å². The van der Waals surface area contributed by atoms with E-state index in [1.165, 1.54) is 0 Å². The van der Waals surface area contributed by atoms with E-state index in [4.69, 9.17) is 29.5 Å². The Morgan fingerprint density at radius 3 is 1.94 bits per heavy atom. The van der Waals surface area contributed by atoms with Crippen LogP contribution in [0.15, 0.2) is 9.98 Å². The quantitative estimate of drug-likeness (QED) is 0.159. The molecular formula is C24H44N2O8. The summed E-state index contributed by atoms with van der Waals surface area (Å²) < 4.78 is 16.2. The lowest BCUT2D eigenvalue weighted by Crippen LogP contribution is -2.39. The SMILES string of the molecule is CC1(C)CC(N=C=O)CC(C)(CN=C=O)C1.OCCCOCC(COCCCO)OCCCO. The maximum atomic E-state index is 10.3. The number of aliphatic hydroxyl groups excluding tert-OH is 3. The molecule has 0 saturated heterocycles. The van der Waals surface area contributed by atoms with Gasteiger partial charge in [-0.3, -0.25) is 0 Å². The predicted molar refractivity (Wildman–Crippen MR) is 127 cm³/mol. The number of aliphatic hydroxyl groups is 3. The minimum absolute atomic E-state index is 0.00750. The van der Waals surface area contributed by atoms with Gasteiger partial charge in [0.15, 0.2) is 0 Å². The van der Waals surface area contributed by atoms with Gasteiger partial charge >= 0.3 is 0 Å². The van der Waals surface area contributed by atoms with E-state index in [1.54, 1.807) is 12.2 Å². The van der Waals surface area contributed by atoms with E-state index in [1.807, 2.05) is 0 Å². The average Bonchev–Trinajstić information content (AvgIpc) is 2.77. The Kier molecular flexibility index (Phi) is 18.9. The number of isocyanates is 2. The molecule has 1 rings (SSSR count). The number of hydrogen-bond donors (Lipinski definition) is 3. The normalized spacial score (nSPS) is 21.2. The van der Waals surface area contributed by atoms with Gasteiger partial charge in [0, 0.05) is 39.6 Å². The zero-order chi connectivity index (χ0) is 25.7. The van der Waals surface area contributed by atoms with Crippen LogP contribution in [0.2, 0.25) is 0 Å². The van der Waals surface area contributed by atoms with Gasteiger partial charge < -0.3 is 29.5 Å². The summed E-state index contributed by atoms with van der Waals surface area (Å²) >= 11 is 0. The molecule has 1 aliphatic carbocycles. The van der Waals surface area contributed by atoms with Gasteiger partial charge in [-0.05, 0) is 49.4 Å². The molecule has 10 heteroatoms. The molecule has 34 heavy (non-hydrogen) atoms. The summed E-state index contributed by atoms with van der Waals surface area (Å²) in [5.74, 6) is 0. The van der Waals surface area contributed by atoms with Crippen molar-refractivity contribution in [3.63, 3.8) is 0 Å². The molecule has 198 valence electrons. The van der Waals surface area contributed by atoms with Crippen molar-refractivity contribution < 1.29 is 39.1 Å². The summed E-state index contributed by atoms with van der Waals surface area (Å²) in [4.78, 5) is 28.0. The third-order valence-electron chi connectivity index (χ3n) is 5.34. The van der Waals surface area contributed by atoms with E-state index >= 15 is 0 Å². The molecule has 0 aromatic heterocycles. The van der Waals surface area contributed by atoms with Crippen LogP contribution in [0.3, 0.4) is 0 Å². The Morgan fingerprint density at radius 1 is 0.882 bits per heavy atom. The van der Waals surface area contributed by atoms with Crippen LogP contribution in [0.5, 0.6) is 0 Å². The van der Waals surface area contributed by atoms with Gasteiger partial charge in [0.1, 0.15) is 6.10 Å². The smallest absolute Gasteiger partial charge is 0.235 e. The monoisotopic (exact) mass is 488 g/mol. The average molecular weight is 489 g/mol. The van der Waals surface area contributed by atoms with E-state index in [0.29, 0.717) is 58.8 Å². The second kappa shape index (κ2) is 19.8. The number of carbonyl (C=O) groups excluding carboxylic acids is 2. The van der Waals surface area contributed by atoms with Crippen molar-refractivity contribution in [2.75, 3.05) is 59.4 Å². The molecule has 3 N–H and O–H groups in total. The second-order valence-corrected chi connectivity index (χ2v) is 9.72. The Balaban J connectivity index is 0.000000644. The first-order valence-electron chi connectivity index (χ1n) is 12.0. The summed E-state index contributed by atoms with van der Waals surface area (Å²) in [6.45, 7) is 9.45. The first-order valence-corrected chi connectivity index (χ1v) is 12.0. The van der Waals surface area contributed by atoms with Crippen molar-refractivity contribution >= 4 is 12.2 Å². The Bertz CT molecular complexity index is 594. The topological polar surface area (TPSA) is 147 Å². The molecule has 0 aromatic carbocycles. The van der Waals surface area contributed by atoms with Crippen molar-refractivity contribution in [3.8, 4) is 0 Å². The van der Waals surface area contributed by atoms with Crippen molar-refractivity contribution in [3.05, 3.63) is 0 Å².